The molecular formula is C15H21FN2O3. The summed E-state index contributed by atoms with van der Waals surface area (Å²) in [7, 11) is 0. The van der Waals surface area contributed by atoms with Crippen LogP contribution < -0.4 is 10.6 Å². The number of carbonyl (C=O) groups excluding carboxylic acids is 2. The van der Waals surface area contributed by atoms with Gasteiger partial charge in [0, 0.05) is 12.2 Å². The van der Waals surface area contributed by atoms with Crippen LogP contribution in [-0.2, 0) is 9.59 Å². The Morgan fingerprint density at radius 2 is 1.95 bits per heavy atom. The smallest absolute Gasteiger partial charge is 0.313 e. The molecule has 0 aromatic heterocycles. The molecule has 0 saturated carbocycles. The van der Waals surface area contributed by atoms with E-state index < -0.39 is 23.7 Å². The number of aryl methyl sites for hydroxylation is 1. The molecule has 0 fully saturated rings. The van der Waals surface area contributed by atoms with Gasteiger partial charge in [0.2, 0.25) is 0 Å². The van der Waals surface area contributed by atoms with Gasteiger partial charge in [-0.3, -0.25) is 9.59 Å². The predicted molar refractivity (Wildman–Crippen MR) is 78.2 cm³/mol. The third-order valence-corrected chi connectivity index (χ3v) is 2.88. The lowest BCUT2D eigenvalue weighted by molar-refractivity contribution is -0.136. The molecule has 1 aromatic carbocycles. The van der Waals surface area contributed by atoms with Gasteiger partial charge in [-0.15, -0.1) is 0 Å². The number of carbonyl (C=O) groups is 2. The first-order valence-electron chi connectivity index (χ1n) is 6.83. The van der Waals surface area contributed by atoms with E-state index in [2.05, 4.69) is 10.6 Å². The Kier molecular flexibility index (Phi) is 6.30. The van der Waals surface area contributed by atoms with E-state index in [0.29, 0.717) is 23.6 Å². The summed E-state index contributed by atoms with van der Waals surface area (Å²) < 4.78 is 12.9. The molecule has 1 aromatic rings. The molecular weight excluding hydrogens is 275 g/mol. The van der Waals surface area contributed by atoms with Crippen LogP contribution in [0.4, 0.5) is 10.1 Å². The Balaban J connectivity index is 2.49. The molecule has 2 amide bonds. The van der Waals surface area contributed by atoms with Gasteiger partial charge in [-0.1, -0.05) is 13.8 Å². The quantitative estimate of drug-likeness (QED) is 0.722. The number of amides is 2. The van der Waals surface area contributed by atoms with Crippen LogP contribution >= 0.6 is 0 Å². The average molecular weight is 296 g/mol. The lowest BCUT2D eigenvalue weighted by Gasteiger charge is -2.14. The summed E-state index contributed by atoms with van der Waals surface area (Å²) in [6.45, 7) is 5.56. The van der Waals surface area contributed by atoms with Gasteiger partial charge in [0.15, 0.2) is 0 Å². The van der Waals surface area contributed by atoms with E-state index in [-0.39, 0.29) is 6.54 Å². The van der Waals surface area contributed by atoms with Crippen LogP contribution in [0.2, 0.25) is 0 Å². The van der Waals surface area contributed by atoms with Crippen LogP contribution in [-0.4, -0.2) is 29.6 Å². The highest BCUT2D eigenvalue weighted by atomic mass is 19.1. The van der Waals surface area contributed by atoms with E-state index >= 15 is 0 Å². The van der Waals surface area contributed by atoms with E-state index in [9.17, 15) is 19.1 Å². The third-order valence-electron chi connectivity index (χ3n) is 2.88. The van der Waals surface area contributed by atoms with Crippen molar-refractivity contribution in [3.63, 3.8) is 0 Å². The van der Waals surface area contributed by atoms with E-state index in [1.165, 1.54) is 18.2 Å². The number of aliphatic hydroxyl groups is 1. The normalized spacial score (nSPS) is 12.1. The van der Waals surface area contributed by atoms with Gasteiger partial charge in [0.1, 0.15) is 5.82 Å². The first-order chi connectivity index (χ1) is 9.79. The minimum absolute atomic E-state index is 0.0207. The second kappa shape index (κ2) is 7.73. The second-order valence-corrected chi connectivity index (χ2v) is 5.41. The lowest BCUT2D eigenvalue weighted by atomic mass is 10.1. The van der Waals surface area contributed by atoms with Gasteiger partial charge in [-0.25, -0.2) is 4.39 Å². The highest BCUT2D eigenvalue weighted by molar-refractivity contribution is 6.39. The van der Waals surface area contributed by atoms with Crippen molar-refractivity contribution in [2.75, 3.05) is 11.9 Å². The summed E-state index contributed by atoms with van der Waals surface area (Å²) >= 11 is 0. The maximum absolute atomic E-state index is 12.9. The molecule has 6 heteroatoms. The van der Waals surface area contributed by atoms with Crippen molar-refractivity contribution in [2.45, 2.75) is 33.3 Å². The molecule has 1 atom stereocenters. The highest BCUT2D eigenvalue weighted by Crippen LogP contribution is 2.15. The predicted octanol–water partition coefficient (Wildman–Crippen LogP) is 1.60. The molecule has 0 radical (unpaired) electrons. The molecule has 0 saturated heterocycles. The van der Waals surface area contributed by atoms with Gasteiger partial charge in [0.05, 0.1) is 6.10 Å². The Labute approximate surface area is 123 Å². The average Bonchev–Trinajstić information content (AvgIpc) is 2.38. The van der Waals surface area contributed by atoms with E-state index in [1.807, 2.05) is 13.8 Å². The van der Waals surface area contributed by atoms with Crippen molar-refractivity contribution in [1.82, 2.24) is 5.32 Å². The van der Waals surface area contributed by atoms with Gasteiger partial charge in [-0.2, -0.15) is 0 Å². The van der Waals surface area contributed by atoms with Crippen molar-refractivity contribution >= 4 is 17.5 Å². The Bertz CT molecular complexity index is 518. The molecule has 1 rings (SSSR count). The second-order valence-electron chi connectivity index (χ2n) is 5.41. The molecule has 0 heterocycles. The van der Waals surface area contributed by atoms with Gasteiger partial charge in [0.25, 0.3) is 0 Å². The fourth-order valence-electron chi connectivity index (χ4n) is 1.86. The van der Waals surface area contributed by atoms with Gasteiger partial charge < -0.3 is 15.7 Å². The molecule has 0 aliphatic heterocycles. The summed E-state index contributed by atoms with van der Waals surface area (Å²) in [5.41, 5.74) is 0.898. The number of aliphatic hydroxyl groups excluding tert-OH is 1. The van der Waals surface area contributed by atoms with Crippen molar-refractivity contribution in [3.8, 4) is 0 Å². The van der Waals surface area contributed by atoms with Crippen LogP contribution in [0.1, 0.15) is 25.8 Å². The molecule has 0 spiro atoms. The number of rotatable bonds is 5. The fourth-order valence-corrected chi connectivity index (χ4v) is 1.86. The molecule has 116 valence electrons. The van der Waals surface area contributed by atoms with Crippen molar-refractivity contribution < 1.29 is 19.1 Å². The van der Waals surface area contributed by atoms with Crippen molar-refractivity contribution in [1.29, 1.82) is 0 Å². The number of hydrogen-bond donors (Lipinski definition) is 3. The summed E-state index contributed by atoms with van der Waals surface area (Å²) in [5, 5.41) is 14.4. The van der Waals surface area contributed by atoms with Crippen LogP contribution in [0.15, 0.2) is 18.2 Å². The molecule has 3 N–H and O–H groups in total. The summed E-state index contributed by atoms with van der Waals surface area (Å²) in [6.07, 6.45) is -0.145. The van der Waals surface area contributed by atoms with Crippen molar-refractivity contribution in [2.24, 2.45) is 5.92 Å². The Morgan fingerprint density at radius 3 is 2.52 bits per heavy atom. The minimum atomic E-state index is -0.846. The number of nitrogens with one attached hydrogen (secondary N) is 2. The largest absolute Gasteiger partial charge is 0.391 e. The molecule has 5 nitrogen and oxygen atoms in total. The lowest BCUT2D eigenvalue weighted by Crippen LogP contribution is -2.39. The number of anilines is 1. The Hall–Kier alpha value is -1.95. The maximum atomic E-state index is 12.9. The standard InChI is InChI=1S/C15H21FN2O3/c1-9(2)6-12(19)8-17-14(20)15(21)18-13-5-4-11(16)7-10(13)3/h4-5,7,9,12,19H,6,8H2,1-3H3,(H,17,20)(H,18,21). The van der Waals surface area contributed by atoms with Gasteiger partial charge >= 0.3 is 11.8 Å². The zero-order valence-electron chi connectivity index (χ0n) is 12.4. The van der Waals surface area contributed by atoms with E-state index in [1.54, 1.807) is 6.92 Å². The van der Waals surface area contributed by atoms with Crippen LogP contribution in [0.3, 0.4) is 0 Å². The number of benzene rings is 1. The van der Waals surface area contributed by atoms with E-state index in [0.717, 1.165) is 0 Å². The minimum Gasteiger partial charge on any atom is -0.391 e. The van der Waals surface area contributed by atoms with Crippen LogP contribution in [0.5, 0.6) is 0 Å². The highest BCUT2D eigenvalue weighted by Gasteiger charge is 2.16. The maximum Gasteiger partial charge on any atom is 0.313 e. The first-order valence-corrected chi connectivity index (χ1v) is 6.83. The molecule has 21 heavy (non-hydrogen) atoms. The summed E-state index contributed by atoms with van der Waals surface area (Å²) in [4.78, 5) is 23.3. The molecule has 1 unspecified atom stereocenters. The fraction of sp³-hybridized carbons (Fsp3) is 0.467. The van der Waals surface area contributed by atoms with Gasteiger partial charge in [-0.05, 0) is 43.0 Å². The first kappa shape index (κ1) is 17.1. The zero-order chi connectivity index (χ0) is 16.0. The number of halogens is 1. The molecule has 0 aliphatic rings. The third kappa shape index (κ3) is 5.91. The number of hydrogen-bond acceptors (Lipinski definition) is 3. The summed E-state index contributed by atoms with van der Waals surface area (Å²) in [5.74, 6) is -1.79. The molecule has 0 bridgehead atoms. The van der Waals surface area contributed by atoms with Crippen LogP contribution in [0.25, 0.3) is 0 Å². The summed E-state index contributed by atoms with van der Waals surface area (Å²) in [6, 6.07) is 3.86. The van der Waals surface area contributed by atoms with Crippen LogP contribution in [0, 0.1) is 18.7 Å². The Morgan fingerprint density at radius 1 is 1.29 bits per heavy atom. The zero-order valence-corrected chi connectivity index (χ0v) is 12.4. The SMILES string of the molecule is Cc1cc(F)ccc1NC(=O)C(=O)NCC(O)CC(C)C. The molecule has 0 aliphatic carbocycles. The monoisotopic (exact) mass is 296 g/mol. The topological polar surface area (TPSA) is 78.4 Å². The van der Waals surface area contributed by atoms with E-state index in [4.69, 9.17) is 0 Å². The van der Waals surface area contributed by atoms with Crippen molar-refractivity contribution in [3.05, 3.63) is 29.6 Å².